The van der Waals surface area contributed by atoms with E-state index in [1.54, 1.807) is 19.4 Å². The molecule has 3 heterocycles. The minimum Gasteiger partial charge on any atom is -0.481 e. The van der Waals surface area contributed by atoms with Crippen LogP contribution in [0.4, 0.5) is 5.82 Å². The van der Waals surface area contributed by atoms with E-state index in [0.717, 1.165) is 32.4 Å². The molecule has 1 saturated heterocycles. The van der Waals surface area contributed by atoms with E-state index in [1.807, 2.05) is 0 Å². The number of nitrogens with two attached hydrogens (primary N) is 1. The van der Waals surface area contributed by atoms with Gasteiger partial charge in [-0.15, -0.1) is 0 Å². The molecule has 0 radical (unpaired) electrons. The van der Waals surface area contributed by atoms with Crippen LogP contribution in [0.15, 0.2) is 17.1 Å². The number of fused-ring (bicyclic) bond motifs is 1. The van der Waals surface area contributed by atoms with Crippen molar-refractivity contribution < 1.29 is 14.5 Å². The zero-order chi connectivity index (χ0) is 18.7. The van der Waals surface area contributed by atoms with Gasteiger partial charge in [0.05, 0.1) is 25.4 Å². The Hall–Kier alpha value is -1.80. The number of ether oxygens (including phenoxy) is 1. The largest absolute Gasteiger partial charge is 0.481 e. The quantitative estimate of drug-likeness (QED) is 0.622. The third kappa shape index (κ3) is 3.96. The Morgan fingerprint density at radius 3 is 2.73 bits per heavy atom. The summed E-state index contributed by atoms with van der Waals surface area (Å²) in [6, 6.07) is 1.70. The molecule has 0 saturated carbocycles. The van der Waals surface area contributed by atoms with Gasteiger partial charge in [0.2, 0.25) is 5.88 Å². The second-order valence-electron chi connectivity index (χ2n) is 6.40. The van der Waals surface area contributed by atoms with Crippen molar-refractivity contribution in [3.63, 3.8) is 0 Å². The fourth-order valence-corrected chi connectivity index (χ4v) is 3.95. The first-order valence-electron chi connectivity index (χ1n) is 8.58. The maximum absolute atomic E-state index is 12.7. The first-order valence-corrected chi connectivity index (χ1v) is 10.0. The van der Waals surface area contributed by atoms with E-state index in [-0.39, 0.29) is 12.2 Å². The average molecular weight is 381 g/mol. The highest BCUT2D eigenvalue weighted by Crippen LogP contribution is 2.32. The lowest BCUT2D eigenvalue weighted by Gasteiger charge is -2.33. The van der Waals surface area contributed by atoms with E-state index in [0.29, 0.717) is 34.6 Å². The number of hydrogen-bond donors (Lipinski definition) is 3. The van der Waals surface area contributed by atoms with Crippen LogP contribution in [0.2, 0.25) is 0 Å². The van der Waals surface area contributed by atoms with E-state index in [9.17, 15) is 4.79 Å². The molecule has 1 fully saturated rings. The fraction of sp³-hybridized carbons (Fsp3) is 0.562. The molecule has 0 aromatic carbocycles. The van der Waals surface area contributed by atoms with Crippen LogP contribution in [0.5, 0.6) is 5.88 Å². The summed E-state index contributed by atoms with van der Waals surface area (Å²) in [5.74, 6) is 1.49. The molecule has 0 bridgehead atoms. The third-order valence-electron chi connectivity index (χ3n) is 4.83. The number of aromatic nitrogens is 3. The zero-order valence-electron chi connectivity index (χ0n) is 14.7. The molecule has 2 aromatic rings. The molecule has 0 amide bonds. The number of hydrogen-bond acceptors (Lipinski definition) is 8. The van der Waals surface area contributed by atoms with Crippen molar-refractivity contribution in [2.45, 2.75) is 25.9 Å². The van der Waals surface area contributed by atoms with Gasteiger partial charge in [-0.05, 0) is 25.2 Å². The topological polar surface area (TPSA) is 127 Å². The van der Waals surface area contributed by atoms with Crippen LogP contribution in [0, 0.1) is 5.92 Å². The van der Waals surface area contributed by atoms with Gasteiger partial charge < -0.3 is 25.2 Å². The fourth-order valence-electron chi connectivity index (χ4n) is 3.36. The molecular weight excluding hydrogens is 357 g/mol. The van der Waals surface area contributed by atoms with E-state index >= 15 is 0 Å². The maximum Gasteiger partial charge on any atom is 0.279 e. The summed E-state index contributed by atoms with van der Waals surface area (Å²) >= 11 is 0. The first-order chi connectivity index (χ1) is 12.5. The van der Waals surface area contributed by atoms with E-state index < -0.39 is 8.38 Å². The Kier molecular flexibility index (Phi) is 6.03. The molecule has 0 spiro atoms. The van der Waals surface area contributed by atoms with Crippen LogP contribution in [0.1, 0.15) is 19.3 Å². The molecule has 142 valence electrons. The summed E-state index contributed by atoms with van der Waals surface area (Å²) in [5.41, 5.74) is 5.34. The number of piperidine rings is 1. The van der Waals surface area contributed by atoms with E-state index in [2.05, 4.69) is 15.0 Å². The molecule has 2 aromatic heterocycles. The minimum absolute atomic E-state index is 0.00756. The highest BCUT2D eigenvalue weighted by Gasteiger charge is 2.24. The van der Waals surface area contributed by atoms with Crippen LogP contribution < -0.4 is 20.9 Å². The van der Waals surface area contributed by atoms with Gasteiger partial charge >= 0.3 is 0 Å². The van der Waals surface area contributed by atoms with Gasteiger partial charge in [-0.3, -0.25) is 4.79 Å². The molecule has 0 unspecified atom stereocenters. The van der Waals surface area contributed by atoms with Crippen LogP contribution in [-0.2, 0) is 6.67 Å². The normalized spacial score (nSPS) is 15.8. The highest BCUT2D eigenvalue weighted by molar-refractivity contribution is 7.45. The lowest BCUT2D eigenvalue weighted by Crippen LogP contribution is -2.36. The Morgan fingerprint density at radius 1 is 1.38 bits per heavy atom. The van der Waals surface area contributed by atoms with Gasteiger partial charge in [-0.1, -0.05) is 0 Å². The standard InChI is InChI=1S/C16H24N5O4P/c1-25-13-8-12-9-18-21(10-17)16(22)14(12)15(19-13)20-5-2-11(3-6-20)4-7-26(23)24/h8-9,11,23-24H,2-7,10,17H2,1H3. The number of pyridine rings is 1. The second-order valence-corrected chi connectivity index (χ2v) is 7.59. The molecule has 1 aliphatic heterocycles. The predicted octanol–water partition coefficient (Wildman–Crippen LogP) is 0.619. The van der Waals surface area contributed by atoms with Gasteiger partial charge in [-0.25, -0.2) is 4.68 Å². The SMILES string of the molecule is COc1cc2cnn(CN)c(=O)c2c(N2CCC(CCP(O)O)CC2)n1. The lowest BCUT2D eigenvalue weighted by molar-refractivity contribution is 0.381. The van der Waals surface area contributed by atoms with Gasteiger partial charge in [0.15, 0.2) is 8.38 Å². The third-order valence-corrected chi connectivity index (χ3v) is 5.48. The number of methoxy groups -OCH3 is 1. The summed E-state index contributed by atoms with van der Waals surface area (Å²) in [6.45, 7) is 1.51. The van der Waals surface area contributed by atoms with Crippen molar-refractivity contribution in [1.29, 1.82) is 0 Å². The molecule has 26 heavy (non-hydrogen) atoms. The molecule has 0 atom stereocenters. The van der Waals surface area contributed by atoms with E-state index in [1.165, 1.54) is 4.68 Å². The van der Waals surface area contributed by atoms with Crippen molar-refractivity contribution in [3.8, 4) is 5.88 Å². The van der Waals surface area contributed by atoms with Crippen LogP contribution in [0.3, 0.4) is 0 Å². The summed E-state index contributed by atoms with van der Waals surface area (Å²) in [4.78, 5) is 37.5. The van der Waals surface area contributed by atoms with Crippen molar-refractivity contribution in [3.05, 3.63) is 22.6 Å². The summed E-state index contributed by atoms with van der Waals surface area (Å²) in [7, 11) is -0.283. The van der Waals surface area contributed by atoms with Gasteiger partial charge in [0, 0.05) is 30.7 Å². The van der Waals surface area contributed by atoms with Gasteiger partial charge in [0.1, 0.15) is 5.82 Å². The Balaban J connectivity index is 1.91. The molecule has 1 aliphatic rings. The van der Waals surface area contributed by atoms with Crippen LogP contribution in [0.25, 0.3) is 10.8 Å². The molecule has 4 N–H and O–H groups in total. The molecular formula is C16H24N5O4P. The maximum atomic E-state index is 12.7. The summed E-state index contributed by atoms with van der Waals surface area (Å²) in [5, 5.41) is 5.25. The summed E-state index contributed by atoms with van der Waals surface area (Å²) < 4.78 is 6.50. The van der Waals surface area contributed by atoms with Gasteiger partial charge in [0.25, 0.3) is 5.56 Å². The zero-order valence-corrected chi connectivity index (χ0v) is 15.6. The summed E-state index contributed by atoms with van der Waals surface area (Å²) in [6.07, 6.45) is 4.70. The second kappa shape index (κ2) is 8.26. The minimum atomic E-state index is -1.83. The first kappa shape index (κ1) is 19.0. The lowest BCUT2D eigenvalue weighted by atomic mass is 9.94. The predicted molar refractivity (Wildman–Crippen MR) is 100 cm³/mol. The van der Waals surface area contributed by atoms with Crippen LogP contribution in [-0.4, -0.2) is 50.9 Å². The monoisotopic (exact) mass is 381 g/mol. The molecule has 10 heteroatoms. The Bertz CT molecular complexity index is 820. The smallest absolute Gasteiger partial charge is 0.279 e. The van der Waals surface area contributed by atoms with Crippen molar-refractivity contribution >= 4 is 25.0 Å². The molecule has 3 rings (SSSR count). The number of nitrogens with zero attached hydrogens (tertiary/aromatic N) is 4. The highest BCUT2D eigenvalue weighted by atomic mass is 31.2. The van der Waals surface area contributed by atoms with Crippen molar-refractivity contribution in [1.82, 2.24) is 14.8 Å². The Morgan fingerprint density at radius 2 is 2.12 bits per heavy atom. The molecule has 0 aliphatic carbocycles. The van der Waals surface area contributed by atoms with Crippen molar-refractivity contribution in [2.75, 3.05) is 31.3 Å². The van der Waals surface area contributed by atoms with E-state index in [4.69, 9.17) is 20.3 Å². The van der Waals surface area contributed by atoms with Crippen molar-refractivity contribution in [2.24, 2.45) is 11.7 Å². The molecule has 9 nitrogen and oxygen atoms in total. The number of rotatable bonds is 6. The average Bonchev–Trinajstić information content (AvgIpc) is 2.66. The Labute approximate surface area is 152 Å². The van der Waals surface area contributed by atoms with Crippen LogP contribution >= 0.6 is 8.38 Å². The van der Waals surface area contributed by atoms with Gasteiger partial charge in [-0.2, -0.15) is 10.1 Å². The number of anilines is 1.